The van der Waals surface area contributed by atoms with E-state index >= 15 is 0 Å². The fourth-order valence-electron chi connectivity index (χ4n) is 6.68. The lowest BCUT2D eigenvalue weighted by molar-refractivity contribution is -0.137. The van der Waals surface area contributed by atoms with Gasteiger partial charge in [-0.1, -0.05) is 34.8 Å². The molecule has 1 aromatic heterocycles. The minimum atomic E-state index is -1.30. The van der Waals surface area contributed by atoms with E-state index in [2.05, 4.69) is 31.2 Å². The Balaban J connectivity index is 1.22. The van der Waals surface area contributed by atoms with Crippen LogP contribution in [0.5, 0.6) is 0 Å². The summed E-state index contributed by atoms with van der Waals surface area (Å²) < 4.78 is 16.8. The molecular formula is C30H33BrFN5O3. The number of carbonyl (C=O) groups excluding carboxylic acids is 3. The van der Waals surface area contributed by atoms with Crippen molar-refractivity contribution in [3.05, 3.63) is 52.6 Å². The number of Topliss-reactive ketones (excluding diaryl/α,β-unsaturated/α-hetero) is 1. The Bertz CT molecular complexity index is 1460. The van der Waals surface area contributed by atoms with Crippen LogP contribution in [0.2, 0.25) is 0 Å². The molecule has 2 aromatic carbocycles. The summed E-state index contributed by atoms with van der Waals surface area (Å²) in [6, 6.07) is 12.1. The number of rotatable bonds is 6. The maximum absolute atomic E-state index is 14.5. The molecule has 3 aliphatic rings. The number of nitrogens with zero attached hydrogens (tertiary/aromatic N) is 4. The van der Waals surface area contributed by atoms with Crippen LogP contribution in [0.25, 0.3) is 10.9 Å². The zero-order chi connectivity index (χ0) is 28.0. The first-order valence-corrected chi connectivity index (χ1v) is 14.8. The van der Waals surface area contributed by atoms with Crippen molar-refractivity contribution in [3.63, 3.8) is 0 Å². The van der Waals surface area contributed by atoms with Crippen LogP contribution in [0.1, 0.15) is 49.5 Å². The molecule has 40 heavy (non-hydrogen) atoms. The van der Waals surface area contributed by atoms with E-state index < -0.39 is 24.0 Å². The number of hydrogen-bond donors (Lipinski definition) is 1. The van der Waals surface area contributed by atoms with Crippen LogP contribution in [-0.2, 0) is 16.1 Å². The SMILES string of the molecule is CC(=O)c1nn(CC(=O)N2C[C@H](F)C[C@H]2C(=O)Nc2cccc(Br)c2)c2ccc(N3C[C@H]4CCCC[C@H]4C3)cc12. The Labute approximate surface area is 241 Å². The topological polar surface area (TPSA) is 87.5 Å². The lowest BCUT2D eigenvalue weighted by atomic mass is 9.82. The third kappa shape index (κ3) is 5.25. The highest BCUT2D eigenvalue weighted by atomic mass is 79.9. The molecule has 3 heterocycles. The van der Waals surface area contributed by atoms with Gasteiger partial charge in [0.15, 0.2) is 5.78 Å². The van der Waals surface area contributed by atoms with Crippen molar-refractivity contribution in [2.75, 3.05) is 29.9 Å². The van der Waals surface area contributed by atoms with E-state index in [1.54, 1.807) is 18.2 Å². The van der Waals surface area contributed by atoms with Gasteiger partial charge in [0.05, 0.1) is 12.1 Å². The highest BCUT2D eigenvalue weighted by Crippen LogP contribution is 2.39. The summed E-state index contributed by atoms with van der Waals surface area (Å²) in [6.07, 6.45) is 3.80. The van der Waals surface area contributed by atoms with E-state index in [1.807, 2.05) is 24.3 Å². The molecule has 210 valence electrons. The third-order valence-corrected chi connectivity index (χ3v) is 9.15. The van der Waals surface area contributed by atoms with E-state index in [1.165, 1.54) is 42.2 Å². The fourth-order valence-corrected chi connectivity index (χ4v) is 7.08. The average molecular weight is 611 g/mol. The number of amides is 2. The van der Waals surface area contributed by atoms with Crippen LogP contribution in [-0.4, -0.2) is 64.1 Å². The van der Waals surface area contributed by atoms with Crippen LogP contribution in [0.15, 0.2) is 46.9 Å². The predicted molar refractivity (Wildman–Crippen MR) is 155 cm³/mol. The number of aromatic nitrogens is 2. The summed E-state index contributed by atoms with van der Waals surface area (Å²) in [6.45, 7) is 3.18. The van der Waals surface area contributed by atoms with E-state index in [9.17, 15) is 18.8 Å². The molecule has 1 saturated carbocycles. The smallest absolute Gasteiger partial charge is 0.247 e. The van der Waals surface area contributed by atoms with Gasteiger partial charge in [-0.15, -0.1) is 0 Å². The van der Waals surface area contributed by atoms with Crippen molar-refractivity contribution in [1.29, 1.82) is 0 Å². The second kappa shape index (κ2) is 11.0. The quantitative estimate of drug-likeness (QED) is 0.388. The number of fused-ring (bicyclic) bond motifs is 2. The molecule has 2 amide bonds. The molecule has 8 nitrogen and oxygen atoms in total. The van der Waals surface area contributed by atoms with Crippen molar-refractivity contribution < 1.29 is 18.8 Å². The number of ketones is 1. The van der Waals surface area contributed by atoms with Crippen LogP contribution < -0.4 is 10.2 Å². The van der Waals surface area contributed by atoms with Gasteiger partial charge in [-0.3, -0.25) is 19.1 Å². The van der Waals surface area contributed by atoms with Gasteiger partial charge in [0.2, 0.25) is 11.8 Å². The third-order valence-electron chi connectivity index (χ3n) is 8.66. The molecule has 6 rings (SSSR count). The van der Waals surface area contributed by atoms with Gasteiger partial charge in [0.1, 0.15) is 24.5 Å². The number of alkyl halides is 1. The number of benzene rings is 2. The Morgan fingerprint density at radius 3 is 2.50 bits per heavy atom. The molecule has 2 saturated heterocycles. The lowest BCUT2D eigenvalue weighted by Crippen LogP contribution is -2.44. The summed E-state index contributed by atoms with van der Waals surface area (Å²) in [5, 5.41) is 8.01. The summed E-state index contributed by atoms with van der Waals surface area (Å²) in [4.78, 5) is 42.7. The maximum atomic E-state index is 14.5. The standard InChI is InChI=1S/C30H33BrFN5O3/c1-18(38)29-25-13-24(35-14-19-5-2-3-6-20(19)15-35)9-10-26(25)37(34-29)17-28(39)36-16-22(32)12-27(36)30(40)33-23-8-4-7-21(31)11-23/h4,7-11,13,19-20,22,27H,2-3,5-6,12,14-17H2,1H3,(H,33,40)/t19-,20+,22-,27+/m1/s1. The first-order valence-electron chi connectivity index (χ1n) is 14.0. The van der Waals surface area contributed by atoms with Gasteiger partial charge in [-0.2, -0.15) is 5.10 Å². The summed E-state index contributed by atoms with van der Waals surface area (Å²) in [7, 11) is 0. The molecule has 3 aromatic rings. The minimum absolute atomic E-state index is 0.0642. The number of carbonyl (C=O) groups is 3. The van der Waals surface area contributed by atoms with Gasteiger partial charge in [0.25, 0.3) is 0 Å². The normalized spacial score (nSPS) is 24.4. The summed E-state index contributed by atoms with van der Waals surface area (Å²) >= 11 is 3.37. The molecular weight excluding hydrogens is 577 g/mol. The second-order valence-corrected chi connectivity index (χ2v) is 12.3. The minimum Gasteiger partial charge on any atom is -0.371 e. The number of likely N-dealkylation sites (tertiary alicyclic amines) is 1. The van der Waals surface area contributed by atoms with Crippen LogP contribution in [0, 0.1) is 11.8 Å². The fraction of sp³-hybridized carbons (Fsp3) is 0.467. The van der Waals surface area contributed by atoms with E-state index in [-0.39, 0.29) is 25.3 Å². The van der Waals surface area contributed by atoms with Crippen LogP contribution in [0.4, 0.5) is 15.8 Å². The molecule has 1 N–H and O–H groups in total. The molecule has 0 spiro atoms. The van der Waals surface area contributed by atoms with Crippen molar-refractivity contribution in [1.82, 2.24) is 14.7 Å². The van der Waals surface area contributed by atoms with Gasteiger partial charge in [0, 0.05) is 47.7 Å². The van der Waals surface area contributed by atoms with Gasteiger partial charge in [-0.25, -0.2) is 4.39 Å². The summed E-state index contributed by atoms with van der Waals surface area (Å²) in [5.74, 6) is 0.425. The second-order valence-electron chi connectivity index (χ2n) is 11.4. The highest BCUT2D eigenvalue weighted by Gasteiger charge is 2.40. The molecule has 0 bridgehead atoms. The number of hydrogen-bond acceptors (Lipinski definition) is 5. The molecule has 1 aliphatic carbocycles. The van der Waals surface area contributed by atoms with Crippen molar-refractivity contribution in [3.8, 4) is 0 Å². The maximum Gasteiger partial charge on any atom is 0.247 e. The van der Waals surface area contributed by atoms with Gasteiger partial charge in [-0.05, 0) is 61.1 Å². The molecule has 10 heteroatoms. The first kappa shape index (κ1) is 26.9. The van der Waals surface area contributed by atoms with Crippen molar-refractivity contribution >= 4 is 55.8 Å². The zero-order valence-corrected chi connectivity index (χ0v) is 24.1. The summed E-state index contributed by atoms with van der Waals surface area (Å²) in [5.41, 5.74) is 2.62. The van der Waals surface area contributed by atoms with Gasteiger partial charge < -0.3 is 15.1 Å². The Morgan fingerprint density at radius 2 is 1.80 bits per heavy atom. The van der Waals surface area contributed by atoms with Gasteiger partial charge >= 0.3 is 0 Å². The first-order chi connectivity index (χ1) is 19.3. The lowest BCUT2D eigenvalue weighted by Gasteiger charge is -2.24. The predicted octanol–water partition coefficient (Wildman–Crippen LogP) is 5.21. The monoisotopic (exact) mass is 609 g/mol. The van der Waals surface area contributed by atoms with Crippen molar-refractivity contribution in [2.24, 2.45) is 11.8 Å². The van der Waals surface area contributed by atoms with E-state index in [0.717, 1.165) is 35.1 Å². The largest absolute Gasteiger partial charge is 0.371 e. The van der Waals surface area contributed by atoms with Crippen molar-refractivity contribution in [2.45, 2.75) is 57.8 Å². The number of anilines is 2. The molecule has 3 fully saturated rings. The van der Waals surface area contributed by atoms with E-state index in [0.29, 0.717) is 22.3 Å². The Morgan fingerprint density at radius 1 is 1.05 bits per heavy atom. The molecule has 4 atom stereocenters. The Hall–Kier alpha value is -3.27. The number of halogens is 2. The zero-order valence-electron chi connectivity index (χ0n) is 22.5. The van der Waals surface area contributed by atoms with Crippen LogP contribution in [0.3, 0.4) is 0 Å². The Kier molecular flexibility index (Phi) is 7.37. The van der Waals surface area contributed by atoms with Crippen LogP contribution >= 0.6 is 15.9 Å². The number of nitrogens with one attached hydrogen (secondary N) is 1. The van der Waals surface area contributed by atoms with E-state index in [4.69, 9.17) is 0 Å². The average Bonchev–Trinajstić information content (AvgIpc) is 3.63. The molecule has 0 radical (unpaired) electrons. The molecule has 2 aliphatic heterocycles. The highest BCUT2D eigenvalue weighted by molar-refractivity contribution is 9.10. The molecule has 0 unspecified atom stereocenters.